The number of alkyl halides is 3. The minimum atomic E-state index is -4.74. The number of methoxy groups -OCH3 is 1. The Morgan fingerprint density at radius 2 is 1.60 bits per heavy atom. The largest absolute Gasteiger partial charge is 0.493 e. The fourth-order valence-electron chi connectivity index (χ4n) is 6.07. The summed E-state index contributed by atoms with van der Waals surface area (Å²) in [5, 5.41) is 7.54. The van der Waals surface area contributed by atoms with E-state index in [4.69, 9.17) is 25.8 Å². The number of nitrogens with one attached hydrogen (secondary N) is 3. The van der Waals surface area contributed by atoms with E-state index < -0.39 is 39.8 Å². The van der Waals surface area contributed by atoms with Crippen molar-refractivity contribution in [1.82, 2.24) is 15.2 Å². The number of halogens is 5. The van der Waals surface area contributed by atoms with Gasteiger partial charge in [-0.1, -0.05) is 11.6 Å². The van der Waals surface area contributed by atoms with Gasteiger partial charge in [0, 0.05) is 42.1 Å². The lowest BCUT2D eigenvalue weighted by Gasteiger charge is -2.31. The van der Waals surface area contributed by atoms with Gasteiger partial charge in [0.25, 0.3) is 0 Å². The molecule has 280 valence electrons. The molecule has 2 aliphatic rings. The van der Waals surface area contributed by atoms with Crippen LogP contribution in [0.2, 0.25) is 5.02 Å². The molecule has 3 aromatic carbocycles. The van der Waals surface area contributed by atoms with Gasteiger partial charge in [-0.05, 0) is 87.2 Å². The second-order valence-corrected chi connectivity index (χ2v) is 13.4. The molecule has 1 aromatic heterocycles. The van der Waals surface area contributed by atoms with E-state index in [-0.39, 0.29) is 41.6 Å². The van der Waals surface area contributed by atoms with Gasteiger partial charge in [-0.3, -0.25) is 24.3 Å². The summed E-state index contributed by atoms with van der Waals surface area (Å²) >= 11 is 5.66. The fourth-order valence-corrected chi connectivity index (χ4v) is 6.30. The highest BCUT2D eigenvalue weighted by Gasteiger charge is 2.56. The van der Waals surface area contributed by atoms with Crippen molar-refractivity contribution in [3.05, 3.63) is 77.2 Å². The van der Waals surface area contributed by atoms with E-state index in [0.717, 1.165) is 38.1 Å². The maximum absolute atomic E-state index is 15.4. The molecule has 53 heavy (non-hydrogen) atoms. The molecule has 0 radical (unpaired) electrons. The molecule has 3 N–H and O–H groups in total. The second-order valence-electron chi connectivity index (χ2n) is 13.0. The van der Waals surface area contributed by atoms with Crippen LogP contribution in [0.3, 0.4) is 0 Å². The second kappa shape index (κ2) is 15.4. The van der Waals surface area contributed by atoms with Crippen LogP contribution in [0.15, 0.2) is 60.8 Å². The summed E-state index contributed by atoms with van der Waals surface area (Å²) in [7, 11) is 3.13. The molecular formula is C37H36ClF4N5O6. The van der Waals surface area contributed by atoms with Crippen molar-refractivity contribution < 1.29 is 46.2 Å². The normalized spacial score (nSPS) is 15.8. The minimum absolute atomic E-state index is 0.0134. The van der Waals surface area contributed by atoms with E-state index in [9.17, 15) is 27.6 Å². The van der Waals surface area contributed by atoms with Gasteiger partial charge in [0.05, 0.1) is 36.4 Å². The van der Waals surface area contributed by atoms with Crippen LogP contribution in [0.5, 0.6) is 23.0 Å². The van der Waals surface area contributed by atoms with Gasteiger partial charge in [-0.2, -0.15) is 13.2 Å². The Morgan fingerprint density at radius 3 is 2.23 bits per heavy atom. The molecule has 2 fully saturated rings. The Labute approximate surface area is 306 Å². The van der Waals surface area contributed by atoms with Crippen LogP contribution < -0.4 is 30.2 Å². The van der Waals surface area contributed by atoms with Crippen molar-refractivity contribution in [3.63, 3.8) is 0 Å². The number of ether oxygens (including phenoxy) is 3. The number of nitrogens with zero attached hydrogens (tertiary/aromatic N) is 2. The monoisotopic (exact) mass is 757 g/mol. The van der Waals surface area contributed by atoms with Gasteiger partial charge in [0.1, 0.15) is 11.2 Å². The number of likely N-dealkylation sites (N-methyl/N-ethyl adjacent to an activating group) is 1. The highest BCUT2D eigenvalue weighted by Crippen LogP contribution is 2.48. The number of carbonyl (C=O) groups excluding carboxylic acids is 3. The first-order chi connectivity index (χ1) is 25.3. The first-order valence-corrected chi connectivity index (χ1v) is 17.2. The highest BCUT2D eigenvalue weighted by molar-refractivity contribution is 6.31. The molecule has 2 heterocycles. The lowest BCUT2D eigenvalue weighted by molar-refractivity contribution is -0.137. The number of benzene rings is 3. The number of pyridine rings is 1. The quantitative estimate of drug-likeness (QED) is 0.104. The maximum atomic E-state index is 15.4. The van der Waals surface area contributed by atoms with E-state index in [2.05, 4.69) is 25.8 Å². The summed E-state index contributed by atoms with van der Waals surface area (Å²) in [4.78, 5) is 44.4. The van der Waals surface area contributed by atoms with Crippen LogP contribution in [0.4, 0.5) is 28.9 Å². The molecule has 0 bridgehead atoms. The summed E-state index contributed by atoms with van der Waals surface area (Å²) in [6.45, 7) is 2.42. The lowest BCUT2D eigenvalue weighted by atomic mass is 9.98. The molecule has 1 saturated heterocycles. The molecule has 1 aliphatic carbocycles. The van der Waals surface area contributed by atoms with Crippen molar-refractivity contribution in [2.45, 2.75) is 31.9 Å². The molecule has 1 aliphatic heterocycles. The number of piperidine rings is 1. The Bertz CT molecular complexity index is 2040. The SMILES string of the molecule is CNC(=O)CN1CCC(COc2cc3nccc(Oc4ccc(NC(=O)C5(C(=O)Nc6ccc(Cl)c(C(F)(F)F)c6)CC5)cc4F)c3cc2OC)CC1. The predicted molar refractivity (Wildman–Crippen MR) is 189 cm³/mol. The molecule has 16 heteroatoms. The highest BCUT2D eigenvalue weighted by atomic mass is 35.5. The van der Waals surface area contributed by atoms with Crippen LogP contribution >= 0.6 is 11.6 Å². The first kappa shape index (κ1) is 37.6. The molecule has 1 saturated carbocycles. The molecule has 0 atom stereocenters. The summed E-state index contributed by atoms with van der Waals surface area (Å²) in [5.41, 5.74) is -2.27. The van der Waals surface area contributed by atoms with Crippen molar-refractivity contribution >= 4 is 51.6 Å². The number of hydrogen-bond donors (Lipinski definition) is 3. The van der Waals surface area contributed by atoms with E-state index in [0.29, 0.717) is 47.5 Å². The van der Waals surface area contributed by atoms with E-state index in [1.165, 1.54) is 31.5 Å². The fraction of sp³-hybridized carbons (Fsp3) is 0.351. The third-order valence-corrected chi connectivity index (χ3v) is 9.70. The van der Waals surface area contributed by atoms with Crippen LogP contribution in [0, 0.1) is 17.2 Å². The number of carbonyl (C=O) groups is 3. The van der Waals surface area contributed by atoms with E-state index in [1.54, 1.807) is 25.2 Å². The Kier molecular flexibility index (Phi) is 11.0. The van der Waals surface area contributed by atoms with Crippen molar-refractivity contribution in [1.29, 1.82) is 0 Å². The molecular weight excluding hydrogens is 722 g/mol. The van der Waals surface area contributed by atoms with Crippen LogP contribution in [-0.4, -0.2) is 68.0 Å². The summed E-state index contributed by atoms with van der Waals surface area (Å²) < 4.78 is 72.9. The topological polar surface area (TPSA) is 131 Å². The number of anilines is 2. The molecule has 6 rings (SSSR count). The lowest BCUT2D eigenvalue weighted by Crippen LogP contribution is -2.41. The zero-order valence-corrected chi connectivity index (χ0v) is 29.5. The number of hydrogen-bond acceptors (Lipinski definition) is 8. The summed E-state index contributed by atoms with van der Waals surface area (Å²) in [6, 6.07) is 11.7. The molecule has 3 amide bonds. The zero-order chi connectivity index (χ0) is 37.9. The Balaban J connectivity index is 1.09. The molecule has 0 spiro atoms. The molecule has 11 nitrogen and oxygen atoms in total. The van der Waals surface area contributed by atoms with Gasteiger partial charge in [0.2, 0.25) is 17.7 Å². The molecule has 0 unspecified atom stereocenters. The number of fused-ring (bicyclic) bond motifs is 1. The van der Waals surface area contributed by atoms with E-state index >= 15 is 4.39 Å². The number of amides is 3. The standard InChI is InChI=1S/C37H36ClF4N5O6/c1-43-33(48)19-47-13-8-21(9-14-47)20-52-32-18-28-24(17-31(32)51-2)29(7-12-44-28)53-30-6-4-23(16-27(30)39)46-35(50)36(10-11-36)34(49)45-22-3-5-26(38)25(15-22)37(40,41)42/h3-7,12,15-18,21H,8-11,13-14,19-20H2,1-2H3,(H,43,48)(H,45,49)(H,46,50). The summed E-state index contributed by atoms with van der Waals surface area (Å²) in [6.07, 6.45) is -1.16. The van der Waals surface area contributed by atoms with Gasteiger partial charge in [-0.25, -0.2) is 4.39 Å². The Morgan fingerprint density at radius 1 is 0.925 bits per heavy atom. The van der Waals surface area contributed by atoms with Gasteiger partial charge in [-0.15, -0.1) is 0 Å². The minimum Gasteiger partial charge on any atom is -0.493 e. The average Bonchev–Trinajstić information content (AvgIpc) is 3.95. The van der Waals surface area contributed by atoms with Crippen LogP contribution in [0.1, 0.15) is 31.2 Å². The van der Waals surface area contributed by atoms with Crippen molar-refractivity contribution in [2.24, 2.45) is 11.3 Å². The summed E-state index contributed by atoms with van der Waals surface area (Å²) in [5.74, 6) is -0.999. The predicted octanol–water partition coefficient (Wildman–Crippen LogP) is 7.04. The van der Waals surface area contributed by atoms with Gasteiger partial charge < -0.3 is 30.2 Å². The van der Waals surface area contributed by atoms with Gasteiger partial charge in [0.15, 0.2) is 23.1 Å². The van der Waals surface area contributed by atoms with Crippen LogP contribution in [-0.2, 0) is 20.6 Å². The smallest absolute Gasteiger partial charge is 0.417 e. The first-order valence-electron chi connectivity index (χ1n) is 16.8. The number of likely N-dealkylation sites (tertiary alicyclic amines) is 1. The van der Waals surface area contributed by atoms with Crippen LogP contribution in [0.25, 0.3) is 10.9 Å². The van der Waals surface area contributed by atoms with Gasteiger partial charge >= 0.3 is 6.18 Å². The number of aromatic nitrogens is 1. The zero-order valence-electron chi connectivity index (χ0n) is 28.7. The Hall–Kier alpha value is -5.15. The maximum Gasteiger partial charge on any atom is 0.417 e. The average molecular weight is 758 g/mol. The van der Waals surface area contributed by atoms with Crippen molar-refractivity contribution in [3.8, 4) is 23.0 Å². The van der Waals surface area contributed by atoms with E-state index in [1.807, 2.05) is 0 Å². The third-order valence-electron chi connectivity index (χ3n) is 9.37. The number of rotatable bonds is 12. The van der Waals surface area contributed by atoms with Crippen molar-refractivity contribution in [2.75, 3.05) is 51.0 Å². The molecule has 4 aromatic rings. The third kappa shape index (κ3) is 8.57.